The van der Waals surface area contributed by atoms with Crippen molar-refractivity contribution in [2.45, 2.75) is 12.5 Å². The van der Waals surface area contributed by atoms with E-state index in [9.17, 15) is 0 Å². The Morgan fingerprint density at radius 2 is 2.22 bits per heavy atom. The largest absolute Gasteiger partial charge is 0.493 e. The Hall–Kier alpha value is -2.27. The number of aromatic amines is 1. The summed E-state index contributed by atoms with van der Waals surface area (Å²) >= 11 is 2.25. The number of nitrogens with zero attached hydrogens (tertiary/aromatic N) is 2. The molecule has 2 N–H and O–H groups in total. The van der Waals surface area contributed by atoms with Crippen molar-refractivity contribution in [2.24, 2.45) is 0 Å². The summed E-state index contributed by atoms with van der Waals surface area (Å²) in [4.78, 5) is 0. The molecule has 2 heterocycles. The third kappa shape index (κ3) is 2.61. The number of fused-ring (bicyclic) bond motifs is 2. The quantitative estimate of drug-likeness (QED) is 0.620. The molecule has 1 atom stereocenters. The van der Waals surface area contributed by atoms with Gasteiger partial charge in [0, 0.05) is 23.1 Å². The minimum Gasteiger partial charge on any atom is -0.493 e. The van der Waals surface area contributed by atoms with Crippen LogP contribution in [-0.4, -0.2) is 16.8 Å². The monoisotopic (exact) mass is 416 g/mol. The van der Waals surface area contributed by atoms with Crippen molar-refractivity contribution in [3.8, 4) is 11.8 Å². The van der Waals surface area contributed by atoms with E-state index in [0.29, 0.717) is 12.2 Å². The topological polar surface area (TPSA) is 73.7 Å². The number of nitriles is 1. The molecule has 23 heavy (non-hydrogen) atoms. The molecule has 5 nitrogen and oxygen atoms in total. The lowest BCUT2D eigenvalue weighted by molar-refractivity contribution is 0.274. The maximum Gasteiger partial charge on any atom is 0.125 e. The Morgan fingerprint density at radius 1 is 1.30 bits per heavy atom. The predicted octanol–water partition coefficient (Wildman–Crippen LogP) is 3.97. The molecular weight excluding hydrogens is 403 g/mol. The normalized spacial score (nSPS) is 16.4. The van der Waals surface area contributed by atoms with E-state index in [1.165, 1.54) is 0 Å². The van der Waals surface area contributed by atoms with Crippen LogP contribution in [0.3, 0.4) is 0 Å². The molecule has 1 aliphatic heterocycles. The smallest absolute Gasteiger partial charge is 0.125 e. The van der Waals surface area contributed by atoms with E-state index in [2.05, 4.69) is 50.2 Å². The molecule has 4 rings (SSSR count). The van der Waals surface area contributed by atoms with Gasteiger partial charge in [-0.2, -0.15) is 10.4 Å². The first-order valence-electron chi connectivity index (χ1n) is 7.31. The first kappa shape index (κ1) is 14.3. The van der Waals surface area contributed by atoms with Crippen LogP contribution in [0.5, 0.6) is 5.75 Å². The molecule has 114 valence electrons. The highest BCUT2D eigenvalue weighted by Gasteiger charge is 2.22. The summed E-state index contributed by atoms with van der Waals surface area (Å²) in [6.07, 6.45) is 0.888. The van der Waals surface area contributed by atoms with Crippen LogP contribution in [0.1, 0.15) is 23.6 Å². The highest BCUT2D eigenvalue weighted by molar-refractivity contribution is 14.1. The average molecular weight is 416 g/mol. The Morgan fingerprint density at radius 3 is 3.09 bits per heavy atom. The van der Waals surface area contributed by atoms with Crippen molar-refractivity contribution in [1.29, 1.82) is 5.26 Å². The molecule has 0 bridgehead atoms. The van der Waals surface area contributed by atoms with Crippen LogP contribution < -0.4 is 10.1 Å². The van der Waals surface area contributed by atoms with Gasteiger partial charge in [0.25, 0.3) is 0 Å². The summed E-state index contributed by atoms with van der Waals surface area (Å²) in [6.45, 7) is 0.644. The van der Waals surface area contributed by atoms with Crippen molar-refractivity contribution >= 4 is 39.2 Å². The summed E-state index contributed by atoms with van der Waals surface area (Å²) in [5, 5.41) is 20.9. The fourth-order valence-electron chi connectivity index (χ4n) is 2.88. The fraction of sp³-hybridized carbons (Fsp3) is 0.176. The second kappa shape index (κ2) is 5.74. The molecule has 0 radical (unpaired) electrons. The number of hydrogen-bond donors (Lipinski definition) is 2. The number of rotatable bonds is 2. The second-order valence-corrected chi connectivity index (χ2v) is 6.55. The summed E-state index contributed by atoms with van der Waals surface area (Å²) in [7, 11) is 0. The van der Waals surface area contributed by atoms with Crippen LogP contribution in [0.25, 0.3) is 10.9 Å². The fourth-order valence-corrected chi connectivity index (χ4v) is 3.43. The molecule has 2 aromatic carbocycles. The van der Waals surface area contributed by atoms with Crippen molar-refractivity contribution < 1.29 is 4.74 Å². The highest BCUT2D eigenvalue weighted by Crippen LogP contribution is 2.35. The van der Waals surface area contributed by atoms with Crippen LogP contribution >= 0.6 is 22.6 Å². The summed E-state index contributed by atoms with van der Waals surface area (Å²) in [5.74, 6) is 0.798. The van der Waals surface area contributed by atoms with Gasteiger partial charge in [-0.25, -0.2) is 0 Å². The molecule has 1 aromatic heterocycles. The number of ether oxygens (including phenoxy) is 1. The van der Waals surface area contributed by atoms with Crippen molar-refractivity contribution in [2.75, 3.05) is 11.9 Å². The number of H-pyrrole nitrogens is 1. The molecule has 1 unspecified atom stereocenters. The van der Waals surface area contributed by atoms with Gasteiger partial charge in [0.15, 0.2) is 0 Å². The predicted molar refractivity (Wildman–Crippen MR) is 96.4 cm³/mol. The lowest BCUT2D eigenvalue weighted by atomic mass is 9.98. The van der Waals surface area contributed by atoms with Gasteiger partial charge in [0.1, 0.15) is 9.45 Å². The third-order valence-electron chi connectivity index (χ3n) is 4.03. The summed E-state index contributed by atoms with van der Waals surface area (Å²) < 4.78 is 6.74. The minimum absolute atomic E-state index is 0.175. The molecule has 1 aliphatic rings. The van der Waals surface area contributed by atoms with Crippen LogP contribution in [0.2, 0.25) is 0 Å². The molecule has 6 heteroatoms. The molecule has 0 saturated heterocycles. The van der Waals surface area contributed by atoms with E-state index >= 15 is 0 Å². The number of anilines is 1. The van der Waals surface area contributed by atoms with Crippen molar-refractivity contribution in [1.82, 2.24) is 10.2 Å². The van der Waals surface area contributed by atoms with E-state index in [1.807, 2.05) is 30.3 Å². The van der Waals surface area contributed by atoms with Crippen molar-refractivity contribution in [3.05, 3.63) is 51.2 Å². The van der Waals surface area contributed by atoms with Gasteiger partial charge in [0.05, 0.1) is 29.8 Å². The Bertz CT molecular complexity index is 928. The van der Waals surface area contributed by atoms with E-state index in [0.717, 1.165) is 38.0 Å². The standard InChI is InChI=1S/C17H13IN4O/c18-17-13-8-11(2-4-15(13)21-22-17)20-14-5-6-23-16-7-10(9-19)1-3-12(14)16/h1-4,7-8,14,20H,5-6H2,(H,21,22). The first-order valence-corrected chi connectivity index (χ1v) is 8.39. The lowest BCUT2D eigenvalue weighted by Crippen LogP contribution is -2.20. The molecule has 0 amide bonds. The SMILES string of the molecule is N#Cc1ccc2c(c1)OCCC2Nc1ccc2n[nH]c(I)c2c1. The number of halogens is 1. The number of benzene rings is 2. The Kier molecular flexibility index (Phi) is 3.58. The maximum absolute atomic E-state index is 9.02. The third-order valence-corrected chi connectivity index (χ3v) is 4.85. The Labute approximate surface area is 146 Å². The highest BCUT2D eigenvalue weighted by atomic mass is 127. The van der Waals surface area contributed by atoms with Gasteiger partial charge in [-0.1, -0.05) is 6.07 Å². The molecule has 0 saturated carbocycles. The average Bonchev–Trinajstić information content (AvgIpc) is 2.95. The van der Waals surface area contributed by atoms with E-state index < -0.39 is 0 Å². The second-order valence-electron chi connectivity index (χ2n) is 5.47. The van der Waals surface area contributed by atoms with Crippen molar-refractivity contribution in [3.63, 3.8) is 0 Å². The lowest BCUT2D eigenvalue weighted by Gasteiger charge is -2.27. The summed E-state index contributed by atoms with van der Waals surface area (Å²) in [5.41, 5.74) is 3.74. The molecule has 0 fully saturated rings. The zero-order chi connectivity index (χ0) is 15.8. The molecule has 3 aromatic rings. The Balaban J connectivity index is 1.66. The van der Waals surface area contributed by atoms with Gasteiger partial charge < -0.3 is 10.1 Å². The van der Waals surface area contributed by atoms with E-state index in [1.54, 1.807) is 0 Å². The van der Waals surface area contributed by atoms with Gasteiger partial charge in [-0.05, 0) is 52.9 Å². The van der Waals surface area contributed by atoms with Crippen LogP contribution in [0.15, 0.2) is 36.4 Å². The zero-order valence-corrected chi connectivity index (χ0v) is 14.3. The molecule has 0 aliphatic carbocycles. The summed E-state index contributed by atoms with van der Waals surface area (Å²) in [6, 6.07) is 14.1. The number of aromatic nitrogens is 2. The number of nitrogens with one attached hydrogen (secondary N) is 2. The maximum atomic E-state index is 9.02. The molecule has 0 spiro atoms. The number of hydrogen-bond acceptors (Lipinski definition) is 4. The molecular formula is C17H13IN4O. The van der Waals surface area contributed by atoms with Crippen LogP contribution in [0.4, 0.5) is 5.69 Å². The van der Waals surface area contributed by atoms with E-state index in [4.69, 9.17) is 10.00 Å². The van der Waals surface area contributed by atoms with Crippen LogP contribution in [0, 0.1) is 15.0 Å². The van der Waals surface area contributed by atoms with Crippen LogP contribution in [-0.2, 0) is 0 Å². The minimum atomic E-state index is 0.175. The zero-order valence-electron chi connectivity index (χ0n) is 12.1. The van der Waals surface area contributed by atoms with Gasteiger partial charge in [-0.3, -0.25) is 5.10 Å². The van der Waals surface area contributed by atoms with E-state index in [-0.39, 0.29) is 6.04 Å². The van der Waals surface area contributed by atoms with Gasteiger partial charge in [-0.15, -0.1) is 0 Å². The van der Waals surface area contributed by atoms with Gasteiger partial charge >= 0.3 is 0 Å². The first-order chi connectivity index (χ1) is 11.2. The van der Waals surface area contributed by atoms with Gasteiger partial charge in [0.2, 0.25) is 0 Å².